The molecule has 0 aliphatic carbocycles. The molecule has 0 amide bonds. The van der Waals surface area contributed by atoms with Gasteiger partial charge in [-0.3, -0.25) is 4.79 Å². The van der Waals surface area contributed by atoms with Crippen molar-refractivity contribution < 1.29 is 14.7 Å². The first-order chi connectivity index (χ1) is 6.06. The zero-order valence-corrected chi connectivity index (χ0v) is 7.63. The van der Waals surface area contributed by atoms with Crippen LogP contribution in [-0.4, -0.2) is 17.4 Å². The number of aldehydes is 1. The summed E-state index contributed by atoms with van der Waals surface area (Å²) in [6.07, 6.45) is 0.523. The lowest BCUT2D eigenvalue weighted by Gasteiger charge is -2.03. The first-order valence-electron chi connectivity index (χ1n) is 3.55. The van der Waals surface area contributed by atoms with Gasteiger partial charge in [-0.2, -0.15) is 0 Å². The summed E-state index contributed by atoms with van der Waals surface area (Å²) in [5.41, 5.74) is 0.691. The second-order valence-electron chi connectivity index (χ2n) is 2.61. The highest BCUT2D eigenvalue weighted by atomic mass is 35.5. The maximum absolute atomic E-state index is 10.7. The molecule has 0 unspecified atom stereocenters. The molecule has 68 valence electrons. The third-order valence-corrected chi connectivity index (χ3v) is 1.92. The maximum atomic E-state index is 10.7. The van der Waals surface area contributed by atoms with Crippen molar-refractivity contribution in [3.8, 4) is 0 Å². The topological polar surface area (TPSA) is 54.4 Å². The highest BCUT2D eigenvalue weighted by molar-refractivity contribution is 6.31. The number of carboxylic acids is 1. The fraction of sp³-hybridized carbons (Fsp3) is 0.111. The maximum Gasteiger partial charge on any atom is 0.336 e. The highest BCUT2D eigenvalue weighted by Gasteiger charge is 2.12. The number of carbonyl (C=O) groups excluding carboxylic acids is 1. The van der Waals surface area contributed by atoms with E-state index in [1.165, 1.54) is 6.07 Å². The van der Waals surface area contributed by atoms with E-state index in [0.29, 0.717) is 16.9 Å². The summed E-state index contributed by atoms with van der Waals surface area (Å²) < 4.78 is 0. The van der Waals surface area contributed by atoms with Crippen LogP contribution in [0.25, 0.3) is 0 Å². The average Bonchev–Trinajstić information content (AvgIpc) is 2.02. The van der Waals surface area contributed by atoms with Crippen molar-refractivity contribution in [2.45, 2.75) is 6.92 Å². The monoisotopic (exact) mass is 198 g/mol. The molecule has 3 nitrogen and oxygen atoms in total. The quantitative estimate of drug-likeness (QED) is 0.741. The van der Waals surface area contributed by atoms with Crippen molar-refractivity contribution in [1.82, 2.24) is 0 Å². The third kappa shape index (κ3) is 1.87. The van der Waals surface area contributed by atoms with Gasteiger partial charge in [-0.05, 0) is 24.6 Å². The van der Waals surface area contributed by atoms with Crippen molar-refractivity contribution in [1.29, 1.82) is 0 Å². The number of aromatic carboxylic acids is 1. The minimum Gasteiger partial charge on any atom is -0.478 e. The van der Waals surface area contributed by atoms with Crippen LogP contribution in [0.1, 0.15) is 26.3 Å². The summed E-state index contributed by atoms with van der Waals surface area (Å²) >= 11 is 5.64. The lowest BCUT2D eigenvalue weighted by atomic mass is 10.0. The summed E-state index contributed by atoms with van der Waals surface area (Å²) in [6, 6.07) is 2.82. The molecule has 0 radical (unpaired) electrons. The Kier molecular flexibility index (Phi) is 2.68. The van der Waals surface area contributed by atoms with Crippen molar-refractivity contribution in [3.63, 3.8) is 0 Å². The van der Waals surface area contributed by atoms with Crippen LogP contribution in [0.5, 0.6) is 0 Å². The molecule has 0 heterocycles. The Bertz CT molecular complexity index is 371. The number of benzene rings is 1. The van der Waals surface area contributed by atoms with Crippen molar-refractivity contribution in [2.24, 2.45) is 0 Å². The van der Waals surface area contributed by atoms with Crippen LogP contribution in [0.2, 0.25) is 5.02 Å². The van der Waals surface area contributed by atoms with E-state index in [0.717, 1.165) is 0 Å². The Balaban J connectivity index is 3.46. The molecule has 1 aromatic rings. The molecule has 0 aliphatic heterocycles. The highest BCUT2D eigenvalue weighted by Crippen LogP contribution is 2.19. The summed E-state index contributed by atoms with van der Waals surface area (Å²) in [7, 11) is 0. The van der Waals surface area contributed by atoms with Gasteiger partial charge in [0.25, 0.3) is 0 Å². The van der Waals surface area contributed by atoms with Crippen LogP contribution in [0, 0.1) is 6.92 Å². The molecular weight excluding hydrogens is 192 g/mol. The normalized spacial score (nSPS) is 9.69. The Labute approximate surface area is 79.9 Å². The van der Waals surface area contributed by atoms with Crippen LogP contribution in [-0.2, 0) is 0 Å². The summed E-state index contributed by atoms with van der Waals surface area (Å²) in [5.74, 6) is -1.15. The van der Waals surface area contributed by atoms with E-state index in [1.54, 1.807) is 13.0 Å². The van der Waals surface area contributed by atoms with Crippen LogP contribution in [0.4, 0.5) is 0 Å². The second kappa shape index (κ2) is 3.58. The number of aryl methyl sites for hydroxylation is 1. The molecular formula is C9H7ClO3. The van der Waals surface area contributed by atoms with E-state index >= 15 is 0 Å². The van der Waals surface area contributed by atoms with Gasteiger partial charge >= 0.3 is 5.97 Å². The molecule has 0 fully saturated rings. The van der Waals surface area contributed by atoms with Gasteiger partial charge in [-0.25, -0.2) is 4.79 Å². The third-order valence-electron chi connectivity index (χ3n) is 1.70. The molecule has 0 spiro atoms. The van der Waals surface area contributed by atoms with Crippen LogP contribution in [0.3, 0.4) is 0 Å². The summed E-state index contributed by atoms with van der Waals surface area (Å²) in [6.45, 7) is 1.64. The molecule has 1 N–H and O–H groups in total. The number of hydrogen-bond donors (Lipinski definition) is 1. The van der Waals surface area contributed by atoms with E-state index in [1.807, 2.05) is 0 Å². The van der Waals surface area contributed by atoms with Gasteiger partial charge in [0, 0.05) is 10.6 Å². The molecule has 0 bridgehead atoms. The SMILES string of the molecule is Cc1cc(Cl)cc(C(=O)O)c1C=O. The Morgan fingerprint density at radius 1 is 1.54 bits per heavy atom. The van der Waals surface area contributed by atoms with Gasteiger partial charge in [0.2, 0.25) is 0 Å². The number of halogens is 1. The van der Waals surface area contributed by atoms with Gasteiger partial charge in [0.15, 0.2) is 6.29 Å². The molecule has 0 aromatic heterocycles. The molecule has 1 rings (SSSR count). The Morgan fingerprint density at radius 3 is 2.62 bits per heavy atom. The van der Waals surface area contributed by atoms with Gasteiger partial charge in [0.05, 0.1) is 5.56 Å². The van der Waals surface area contributed by atoms with E-state index < -0.39 is 5.97 Å². The van der Waals surface area contributed by atoms with Crippen molar-refractivity contribution in [3.05, 3.63) is 33.8 Å². The lowest BCUT2D eigenvalue weighted by molar-refractivity contribution is 0.0694. The molecule has 13 heavy (non-hydrogen) atoms. The molecule has 0 atom stereocenters. The van der Waals surface area contributed by atoms with Gasteiger partial charge < -0.3 is 5.11 Å². The molecule has 1 aromatic carbocycles. The molecule has 0 saturated heterocycles. The van der Waals surface area contributed by atoms with Crippen LogP contribution in [0.15, 0.2) is 12.1 Å². The van der Waals surface area contributed by atoms with Gasteiger partial charge in [-0.1, -0.05) is 11.6 Å². The number of carbonyl (C=O) groups is 2. The smallest absolute Gasteiger partial charge is 0.336 e. The molecule has 4 heteroatoms. The van der Waals surface area contributed by atoms with Crippen molar-refractivity contribution in [2.75, 3.05) is 0 Å². The summed E-state index contributed by atoms with van der Waals surface area (Å²) in [5, 5.41) is 9.05. The Hall–Kier alpha value is -1.35. The summed E-state index contributed by atoms with van der Waals surface area (Å²) in [4.78, 5) is 21.2. The first-order valence-corrected chi connectivity index (χ1v) is 3.92. The minimum absolute atomic E-state index is 0.0556. The van der Waals surface area contributed by atoms with Crippen molar-refractivity contribution >= 4 is 23.9 Å². The van der Waals surface area contributed by atoms with E-state index in [4.69, 9.17) is 16.7 Å². The fourth-order valence-electron chi connectivity index (χ4n) is 1.09. The van der Waals surface area contributed by atoms with Crippen LogP contribution < -0.4 is 0 Å². The lowest BCUT2D eigenvalue weighted by Crippen LogP contribution is -2.03. The van der Waals surface area contributed by atoms with Gasteiger partial charge in [0.1, 0.15) is 0 Å². The number of rotatable bonds is 2. The minimum atomic E-state index is -1.15. The zero-order chi connectivity index (χ0) is 10.0. The van der Waals surface area contributed by atoms with E-state index in [2.05, 4.69) is 0 Å². The van der Waals surface area contributed by atoms with E-state index in [-0.39, 0.29) is 11.1 Å². The number of carboxylic acid groups (broad SMARTS) is 1. The molecule has 0 aliphatic rings. The second-order valence-corrected chi connectivity index (χ2v) is 3.04. The largest absolute Gasteiger partial charge is 0.478 e. The predicted molar refractivity (Wildman–Crippen MR) is 48.5 cm³/mol. The number of hydrogen-bond acceptors (Lipinski definition) is 2. The predicted octanol–water partition coefficient (Wildman–Crippen LogP) is 2.16. The first kappa shape index (κ1) is 9.74. The standard InChI is InChI=1S/C9H7ClO3/c1-5-2-6(10)3-7(9(12)13)8(5)4-11/h2-4H,1H3,(H,12,13). The Morgan fingerprint density at radius 2 is 2.15 bits per heavy atom. The molecule has 0 saturated carbocycles. The fourth-order valence-corrected chi connectivity index (χ4v) is 1.36. The van der Waals surface area contributed by atoms with Gasteiger partial charge in [-0.15, -0.1) is 0 Å². The van der Waals surface area contributed by atoms with E-state index in [9.17, 15) is 9.59 Å². The van der Waals surface area contributed by atoms with Crippen LogP contribution >= 0.6 is 11.6 Å². The zero-order valence-electron chi connectivity index (χ0n) is 6.87. The average molecular weight is 199 g/mol.